The van der Waals surface area contributed by atoms with Crippen LogP contribution in [0.1, 0.15) is 44.9 Å². The van der Waals surface area contributed by atoms with E-state index >= 15 is 0 Å². The number of allylic oxidation sites excluding steroid dienone is 1. The third-order valence-corrected chi connectivity index (χ3v) is 3.35. The first kappa shape index (κ1) is 17.0. The van der Waals surface area contributed by atoms with Gasteiger partial charge in [0, 0.05) is 13.0 Å². The summed E-state index contributed by atoms with van der Waals surface area (Å²) in [6.07, 6.45) is 6.46. The molecule has 1 atom stereocenters. The Kier molecular flexibility index (Phi) is 7.28. The minimum Gasteiger partial charge on any atom is -0.481 e. The monoisotopic (exact) mass is 298 g/mol. The molecule has 0 aromatic heterocycles. The maximum absolute atomic E-state index is 11.6. The first-order valence-electron chi connectivity index (χ1n) is 7.16. The molecule has 7 nitrogen and oxygen atoms in total. The predicted molar refractivity (Wildman–Crippen MR) is 76.0 cm³/mol. The smallest absolute Gasteiger partial charge is 0.326 e. The highest BCUT2D eigenvalue weighted by atomic mass is 16.4. The zero-order chi connectivity index (χ0) is 15.7. The van der Waals surface area contributed by atoms with E-state index in [-0.39, 0.29) is 19.3 Å². The Morgan fingerprint density at radius 3 is 2.62 bits per heavy atom. The van der Waals surface area contributed by atoms with E-state index in [0.717, 1.165) is 25.7 Å². The second kappa shape index (κ2) is 8.99. The molecule has 1 aliphatic rings. The number of aliphatic carboxylic acids is 2. The summed E-state index contributed by atoms with van der Waals surface area (Å²) in [6.45, 7) is 0.471. The number of amides is 2. The third-order valence-electron chi connectivity index (χ3n) is 3.35. The number of carbonyl (C=O) groups excluding carboxylic acids is 1. The number of nitrogens with one attached hydrogen (secondary N) is 2. The molecule has 2 amide bonds. The molecule has 0 radical (unpaired) electrons. The van der Waals surface area contributed by atoms with Crippen LogP contribution in [0.4, 0.5) is 4.79 Å². The van der Waals surface area contributed by atoms with Gasteiger partial charge in [-0.2, -0.15) is 0 Å². The van der Waals surface area contributed by atoms with Crippen LogP contribution < -0.4 is 10.6 Å². The molecule has 0 unspecified atom stereocenters. The fourth-order valence-corrected chi connectivity index (χ4v) is 2.23. The lowest BCUT2D eigenvalue weighted by molar-refractivity contribution is -0.140. The molecule has 7 heteroatoms. The van der Waals surface area contributed by atoms with E-state index in [0.29, 0.717) is 6.54 Å². The van der Waals surface area contributed by atoms with Crippen molar-refractivity contribution in [2.24, 2.45) is 0 Å². The molecule has 0 heterocycles. The van der Waals surface area contributed by atoms with Gasteiger partial charge in [0.2, 0.25) is 0 Å². The van der Waals surface area contributed by atoms with Crippen LogP contribution in [0.5, 0.6) is 0 Å². The van der Waals surface area contributed by atoms with Gasteiger partial charge < -0.3 is 20.8 Å². The van der Waals surface area contributed by atoms with Crippen molar-refractivity contribution in [3.63, 3.8) is 0 Å². The number of rotatable bonds is 9. The minimum absolute atomic E-state index is 0.0974. The van der Waals surface area contributed by atoms with E-state index in [1.807, 2.05) is 0 Å². The molecule has 4 N–H and O–H groups in total. The van der Waals surface area contributed by atoms with Crippen molar-refractivity contribution in [3.8, 4) is 0 Å². The molecule has 21 heavy (non-hydrogen) atoms. The average Bonchev–Trinajstić information content (AvgIpc) is 2.90. The molecular weight excluding hydrogens is 276 g/mol. The standard InChI is InChI=1S/C14H22N2O5/c17-12(18)7-3-6-11(13(19)20)16-14(21)15-9-8-10-4-1-2-5-10/h4,11H,1-3,5-9H2,(H,17,18)(H,19,20)(H2,15,16,21)/t11-/m1/s1. The Morgan fingerprint density at radius 2 is 2.05 bits per heavy atom. The van der Waals surface area contributed by atoms with Gasteiger partial charge in [-0.15, -0.1) is 0 Å². The highest BCUT2D eigenvalue weighted by Gasteiger charge is 2.19. The van der Waals surface area contributed by atoms with E-state index in [1.165, 1.54) is 5.57 Å². The third kappa shape index (κ3) is 7.34. The number of carboxylic acid groups (broad SMARTS) is 2. The van der Waals surface area contributed by atoms with Gasteiger partial charge >= 0.3 is 18.0 Å². The van der Waals surface area contributed by atoms with Crippen LogP contribution in [-0.2, 0) is 9.59 Å². The summed E-state index contributed by atoms with van der Waals surface area (Å²) < 4.78 is 0. The molecule has 0 saturated carbocycles. The quantitative estimate of drug-likeness (QED) is 0.481. The topological polar surface area (TPSA) is 116 Å². The molecular formula is C14H22N2O5. The largest absolute Gasteiger partial charge is 0.481 e. The maximum atomic E-state index is 11.6. The molecule has 0 fully saturated rings. The van der Waals surface area contributed by atoms with Gasteiger partial charge in [-0.3, -0.25) is 4.79 Å². The molecule has 0 aromatic carbocycles. The predicted octanol–water partition coefficient (Wildman–Crippen LogP) is 1.49. The minimum atomic E-state index is -1.16. The SMILES string of the molecule is O=C(O)CCC[C@@H](NC(=O)NCCC1=CCCC1)C(=O)O. The number of carbonyl (C=O) groups is 3. The number of hydrogen-bond acceptors (Lipinski definition) is 3. The highest BCUT2D eigenvalue weighted by Crippen LogP contribution is 2.19. The normalized spacial score (nSPS) is 15.1. The van der Waals surface area contributed by atoms with Crippen LogP contribution in [0.2, 0.25) is 0 Å². The molecule has 0 saturated heterocycles. The molecule has 0 aliphatic heterocycles. The van der Waals surface area contributed by atoms with Crippen molar-refractivity contribution in [3.05, 3.63) is 11.6 Å². The lowest BCUT2D eigenvalue weighted by Gasteiger charge is -2.14. The van der Waals surface area contributed by atoms with Crippen molar-refractivity contribution in [1.29, 1.82) is 0 Å². The molecule has 0 aromatic rings. The first-order valence-corrected chi connectivity index (χ1v) is 7.16. The van der Waals surface area contributed by atoms with Gasteiger partial charge in [-0.05, 0) is 38.5 Å². The molecule has 1 rings (SSSR count). The van der Waals surface area contributed by atoms with E-state index in [1.54, 1.807) is 0 Å². The van der Waals surface area contributed by atoms with Gasteiger partial charge in [0.25, 0.3) is 0 Å². The van der Waals surface area contributed by atoms with Gasteiger partial charge in [0.1, 0.15) is 6.04 Å². The van der Waals surface area contributed by atoms with Crippen molar-refractivity contribution >= 4 is 18.0 Å². The Hall–Kier alpha value is -2.05. The highest BCUT2D eigenvalue weighted by molar-refractivity contribution is 5.82. The van der Waals surface area contributed by atoms with Crippen molar-refractivity contribution in [1.82, 2.24) is 10.6 Å². The van der Waals surface area contributed by atoms with Crippen LogP contribution in [0.15, 0.2) is 11.6 Å². The number of urea groups is 1. The lowest BCUT2D eigenvalue weighted by Crippen LogP contribution is -2.46. The van der Waals surface area contributed by atoms with Gasteiger partial charge in [0.05, 0.1) is 0 Å². The van der Waals surface area contributed by atoms with Crippen molar-refractivity contribution in [2.75, 3.05) is 6.54 Å². The van der Waals surface area contributed by atoms with Crippen LogP contribution in [0.25, 0.3) is 0 Å². The fourth-order valence-electron chi connectivity index (χ4n) is 2.23. The maximum Gasteiger partial charge on any atom is 0.326 e. The summed E-state index contributed by atoms with van der Waals surface area (Å²) in [5, 5.41) is 22.5. The molecule has 0 spiro atoms. The summed E-state index contributed by atoms with van der Waals surface area (Å²) in [6, 6.07) is -1.59. The zero-order valence-corrected chi connectivity index (χ0v) is 11.9. The molecule has 0 bridgehead atoms. The first-order chi connectivity index (χ1) is 9.99. The summed E-state index contributed by atoms with van der Waals surface area (Å²) in [5.74, 6) is -2.14. The summed E-state index contributed by atoms with van der Waals surface area (Å²) in [5.41, 5.74) is 1.33. The second-order valence-corrected chi connectivity index (χ2v) is 5.08. The van der Waals surface area contributed by atoms with Crippen LogP contribution >= 0.6 is 0 Å². The Balaban J connectivity index is 2.24. The Morgan fingerprint density at radius 1 is 1.29 bits per heavy atom. The van der Waals surface area contributed by atoms with E-state index in [4.69, 9.17) is 10.2 Å². The van der Waals surface area contributed by atoms with Gasteiger partial charge in [-0.25, -0.2) is 9.59 Å². The van der Waals surface area contributed by atoms with E-state index in [2.05, 4.69) is 16.7 Å². The second-order valence-electron chi connectivity index (χ2n) is 5.08. The van der Waals surface area contributed by atoms with Crippen molar-refractivity contribution < 1.29 is 24.6 Å². The van der Waals surface area contributed by atoms with Crippen LogP contribution in [-0.4, -0.2) is 40.8 Å². The van der Waals surface area contributed by atoms with Crippen LogP contribution in [0, 0.1) is 0 Å². The Bertz CT molecular complexity index is 420. The fraction of sp³-hybridized carbons (Fsp3) is 0.643. The number of carboxylic acids is 2. The van der Waals surface area contributed by atoms with Gasteiger partial charge in [-0.1, -0.05) is 11.6 Å². The molecule has 118 valence electrons. The summed E-state index contributed by atoms with van der Waals surface area (Å²) in [4.78, 5) is 33.0. The van der Waals surface area contributed by atoms with Crippen molar-refractivity contribution in [2.45, 2.75) is 51.0 Å². The zero-order valence-electron chi connectivity index (χ0n) is 11.9. The molecule has 1 aliphatic carbocycles. The van der Waals surface area contributed by atoms with E-state index < -0.39 is 24.0 Å². The lowest BCUT2D eigenvalue weighted by atomic mass is 10.1. The average molecular weight is 298 g/mol. The van der Waals surface area contributed by atoms with Crippen LogP contribution in [0.3, 0.4) is 0 Å². The summed E-state index contributed by atoms with van der Waals surface area (Å²) in [7, 11) is 0. The Labute approximate surface area is 123 Å². The summed E-state index contributed by atoms with van der Waals surface area (Å²) >= 11 is 0. The van der Waals surface area contributed by atoms with E-state index in [9.17, 15) is 14.4 Å². The number of hydrogen-bond donors (Lipinski definition) is 4. The van der Waals surface area contributed by atoms with Gasteiger partial charge in [0.15, 0.2) is 0 Å².